The Kier molecular flexibility index (Phi) is 5.64. The minimum Gasteiger partial charge on any atom is -0.326 e. The van der Waals surface area contributed by atoms with Crippen LogP contribution in [0.2, 0.25) is 0 Å². The van der Waals surface area contributed by atoms with Crippen LogP contribution in [-0.2, 0) is 6.54 Å². The fraction of sp³-hybridized carbons (Fsp3) is 0.333. The molecule has 1 aliphatic rings. The van der Waals surface area contributed by atoms with Gasteiger partial charge < -0.3 is 5.73 Å². The Balaban J connectivity index is 0.00000147. The summed E-state index contributed by atoms with van der Waals surface area (Å²) >= 11 is 5.26. The van der Waals surface area contributed by atoms with Crippen LogP contribution in [0.4, 0.5) is 0 Å². The lowest BCUT2D eigenvalue weighted by molar-refractivity contribution is 0.324. The minimum atomic E-state index is 0. The second-order valence-electron chi connectivity index (χ2n) is 5.13. The molecule has 0 spiro atoms. The van der Waals surface area contributed by atoms with E-state index < -0.39 is 0 Å². The molecule has 0 aliphatic carbocycles. The van der Waals surface area contributed by atoms with Crippen molar-refractivity contribution in [1.82, 2.24) is 4.90 Å². The van der Waals surface area contributed by atoms with Gasteiger partial charge in [0.1, 0.15) is 0 Å². The largest absolute Gasteiger partial charge is 0.326 e. The van der Waals surface area contributed by atoms with Crippen molar-refractivity contribution in [3.05, 3.63) is 56.7 Å². The maximum atomic E-state index is 6.31. The number of benzene rings is 1. The molecule has 20 heavy (non-hydrogen) atoms. The third-order valence-corrected chi connectivity index (χ3v) is 5.25. The van der Waals surface area contributed by atoms with Gasteiger partial charge >= 0.3 is 0 Å². The standard InChI is InChI=1S/C15H17BrN2S.ClH/c16-15-6-11(10-19-15)7-18-8-13(14(17)9-18)12-4-2-1-3-5-12;/h1-6,10,13-14H,7-9,17H2;1H/t13-,14+;/m0./s1. The van der Waals surface area contributed by atoms with Gasteiger partial charge in [0, 0.05) is 31.6 Å². The second kappa shape index (κ2) is 7.05. The fourth-order valence-corrected chi connectivity index (χ4v) is 3.98. The van der Waals surface area contributed by atoms with E-state index in [1.807, 2.05) is 0 Å². The average molecular weight is 374 g/mol. The van der Waals surface area contributed by atoms with Gasteiger partial charge in [0.05, 0.1) is 3.79 Å². The van der Waals surface area contributed by atoms with Crippen molar-refractivity contribution >= 4 is 39.7 Å². The highest BCUT2D eigenvalue weighted by Gasteiger charge is 2.30. The van der Waals surface area contributed by atoms with E-state index in [1.54, 1.807) is 11.3 Å². The third-order valence-electron chi connectivity index (χ3n) is 3.70. The number of nitrogens with zero attached hydrogens (tertiary/aromatic N) is 1. The van der Waals surface area contributed by atoms with Crippen molar-refractivity contribution in [2.45, 2.75) is 18.5 Å². The molecule has 0 saturated carbocycles. The molecule has 0 radical (unpaired) electrons. The zero-order valence-corrected chi connectivity index (χ0v) is 14.3. The molecule has 2 heterocycles. The van der Waals surface area contributed by atoms with Gasteiger partial charge in [0.15, 0.2) is 0 Å². The van der Waals surface area contributed by atoms with Gasteiger partial charge in [0.25, 0.3) is 0 Å². The summed E-state index contributed by atoms with van der Waals surface area (Å²) in [6, 6.07) is 13.1. The molecule has 2 aromatic rings. The van der Waals surface area contributed by atoms with Crippen LogP contribution >= 0.6 is 39.7 Å². The zero-order valence-electron chi connectivity index (χ0n) is 11.0. The van der Waals surface area contributed by atoms with Crippen LogP contribution < -0.4 is 5.73 Å². The Labute approximate surface area is 138 Å². The van der Waals surface area contributed by atoms with E-state index in [2.05, 4.69) is 62.6 Å². The molecule has 5 heteroatoms. The number of nitrogens with two attached hydrogens (primary N) is 1. The highest BCUT2D eigenvalue weighted by molar-refractivity contribution is 9.11. The SMILES string of the molecule is Cl.N[C@@H]1CN(Cc2csc(Br)c2)C[C@H]1c1ccccc1. The summed E-state index contributed by atoms with van der Waals surface area (Å²) in [5.41, 5.74) is 9.05. The summed E-state index contributed by atoms with van der Waals surface area (Å²) in [5, 5.41) is 2.21. The molecule has 1 aromatic carbocycles. The van der Waals surface area contributed by atoms with Crippen molar-refractivity contribution in [2.24, 2.45) is 5.73 Å². The summed E-state index contributed by atoms with van der Waals surface area (Å²) < 4.78 is 1.20. The van der Waals surface area contributed by atoms with Gasteiger partial charge in [-0.2, -0.15) is 0 Å². The van der Waals surface area contributed by atoms with E-state index in [4.69, 9.17) is 5.73 Å². The first kappa shape index (κ1) is 16.0. The van der Waals surface area contributed by atoms with Crippen LogP contribution in [0.1, 0.15) is 17.0 Å². The Morgan fingerprint density at radius 2 is 2.00 bits per heavy atom. The van der Waals surface area contributed by atoms with E-state index in [-0.39, 0.29) is 18.4 Å². The number of hydrogen-bond acceptors (Lipinski definition) is 3. The normalized spacial score (nSPS) is 22.7. The topological polar surface area (TPSA) is 29.3 Å². The number of likely N-dealkylation sites (tertiary alicyclic amines) is 1. The fourth-order valence-electron chi connectivity index (χ4n) is 2.78. The molecule has 2 atom stereocenters. The van der Waals surface area contributed by atoms with Crippen molar-refractivity contribution < 1.29 is 0 Å². The number of hydrogen-bond donors (Lipinski definition) is 1. The first-order valence-corrected chi connectivity index (χ1v) is 8.15. The monoisotopic (exact) mass is 372 g/mol. The zero-order chi connectivity index (χ0) is 13.2. The Bertz CT molecular complexity index is 546. The predicted molar refractivity (Wildman–Crippen MR) is 91.7 cm³/mol. The molecule has 0 unspecified atom stereocenters. The lowest BCUT2D eigenvalue weighted by Gasteiger charge is -2.15. The summed E-state index contributed by atoms with van der Waals surface area (Å²) in [4.78, 5) is 2.46. The van der Waals surface area contributed by atoms with Gasteiger partial charge in [-0.1, -0.05) is 30.3 Å². The van der Waals surface area contributed by atoms with E-state index in [1.165, 1.54) is 14.9 Å². The van der Waals surface area contributed by atoms with Gasteiger partial charge in [0.2, 0.25) is 0 Å². The highest BCUT2D eigenvalue weighted by atomic mass is 79.9. The first-order chi connectivity index (χ1) is 9.22. The molecule has 1 saturated heterocycles. The van der Waals surface area contributed by atoms with Gasteiger partial charge in [-0.3, -0.25) is 4.90 Å². The second-order valence-corrected chi connectivity index (χ2v) is 7.42. The van der Waals surface area contributed by atoms with Gasteiger partial charge in [-0.25, -0.2) is 0 Å². The van der Waals surface area contributed by atoms with Crippen LogP contribution in [0.15, 0.2) is 45.6 Å². The van der Waals surface area contributed by atoms with E-state index in [0.29, 0.717) is 5.92 Å². The summed E-state index contributed by atoms with van der Waals surface area (Å²) in [6.45, 7) is 3.03. The van der Waals surface area contributed by atoms with Gasteiger partial charge in [-0.05, 0) is 38.5 Å². The van der Waals surface area contributed by atoms with Crippen LogP contribution in [0, 0.1) is 0 Å². The van der Waals surface area contributed by atoms with Crippen molar-refractivity contribution in [3.63, 3.8) is 0 Å². The van der Waals surface area contributed by atoms with Crippen molar-refractivity contribution in [2.75, 3.05) is 13.1 Å². The van der Waals surface area contributed by atoms with Crippen LogP contribution in [0.5, 0.6) is 0 Å². The lowest BCUT2D eigenvalue weighted by Crippen LogP contribution is -2.28. The predicted octanol–water partition coefficient (Wildman–Crippen LogP) is 3.86. The minimum absolute atomic E-state index is 0. The Hall–Kier alpha value is -0.390. The van der Waals surface area contributed by atoms with Crippen molar-refractivity contribution in [1.29, 1.82) is 0 Å². The number of halogens is 2. The number of thiophene rings is 1. The molecule has 0 amide bonds. The lowest BCUT2D eigenvalue weighted by atomic mass is 9.95. The van der Waals surface area contributed by atoms with Crippen LogP contribution in [0.3, 0.4) is 0 Å². The van der Waals surface area contributed by atoms with Crippen molar-refractivity contribution in [3.8, 4) is 0 Å². The molecular formula is C15H18BrClN2S. The number of rotatable bonds is 3. The molecular weight excluding hydrogens is 356 g/mol. The van der Waals surface area contributed by atoms with E-state index in [0.717, 1.165) is 19.6 Å². The summed E-state index contributed by atoms with van der Waals surface area (Å²) in [6.07, 6.45) is 0. The smallest absolute Gasteiger partial charge is 0.0701 e. The van der Waals surface area contributed by atoms with Gasteiger partial charge in [-0.15, -0.1) is 23.7 Å². The molecule has 1 aliphatic heterocycles. The summed E-state index contributed by atoms with van der Waals surface area (Å²) in [5.74, 6) is 0.461. The molecule has 2 N–H and O–H groups in total. The van der Waals surface area contributed by atoms with Crippen LogP contribution in [-0.4, -0.2) is 24.0 Å². The molecule has 2 nitrogen and oxygen atoms in total. The maximum absolute atomic E-state index is 6.31. The first-order valence-electron chi connectivity index (χ1n) is 6.48. The molecule has 1 aromatic heterocycles. The maximum Gasteiger partial charge on any atom is 0.0701 e. The summed E-state index contributed by atoms with van der Waals surface area (Å²) in [7, 11) is 0. The van der Waals surface area contributed by atoms with E-state index >= 15 is 0 Å². The molecule has 3 rings (SSSR count). The Morgan fingerprint density at radius 3 is 2.65 bits per heavy atom. The van der Waals surface area contributed by atoms with E-state index in [9.17, 15) is 0 Å². The molecule has 1 fully saturated rings. The quantitative estimate of drug-likeness (QED) is 0.885. The molecule has 0 bridgehead atoms. The third kappa shape index (κ3) is 3.62. The van der Waals surface area contributed by atoms with Crippen LogP contribution in [0.25, 0.3) is 0 Å². The average Bonchev–Trinajstić information content (AvgIpc) is 2.97. The Morgan fingerprint density at radius 1 is 1.25 bits per heavy atom. The highest BCUT2D eigenvalue weighted by Crippen LogP contribution is 2.29. The molecule has 108 valence electrons.